The number of benzene rings is 1. The summed E-state index contributed by atoms with van der Waals surface area (Å²) in [6.45, 7) is 2.25. The number of rotatable bonds is 6. The number of thiazole rings is 1. The van der Waals surface area contributed by atoms with Gasteiger partial charge in [-0.2, -0.15) is 0 Å². The molecule has 0 unspecified atom stereocenters. The number of nitrogens with one attached hydrogen (secondary N) is 1. The molecular weight excluding hydrogens is 356 g/mol. The molecule has 1 saturated heterocycles. The third-order valence-corrected chi connectivity index (χ3v) is 5.58. The number of hydrogen-bond donors (Lipinski definition) is 1. The molecular formula is C21H22N4OS. The predicted molar refractivity (Wildman–Crippen MR) is 110 cm³/mol. The topological polar surface area (TPSA) is 58.1 Å². The highest BCUT2D eigenvalue weighted by atomic mass is 32.1. The Bertz CT molecular complexity index is 886. The van der Waals surface area contributed by atoms with Crippen molar-refractivity contribution in [2.24, 2.45) is 0 Å². The maximum absolute atomic E-state index is 12.2. The van der Waals surface area contributed by atoms with E-state index < -0.39 is 0 Å². The second kappa shape index (κ2) is 8.31. The zero-order chi connectivity index (χ0) is 18.5. The van der Waals surface area contributed by atoms with Gasteiger partial charge < -0.3 is 10.2 Å². The number of aryl methyl sites for hydroxylation is 1. The maximum atomic E-state index is 12.2. The number of amides is 1. The quantitative estimate of drug-likeness (QED) is 0.692. The summed E-state index contributed by atoms with van der Waals surface area (Å²) in [5.41, 5.74) is 3.88. The van der Waals surface area contributed by atoms with Crippen LogP contribution >= 0.6 is 11.3 Å². The van der Waals surface area contributed by atoms with Gasteiger partial charge in [0.2, 0.25) is 5.91 Å². The van der Waals surface area contributed by atoms with E-state index in [0.717, 1.165) is 35.2 Å². The smallest absolute Gasteiger partial charge is 0.224 e. The molecule has 6 heteroatoms. The van der Waals surface area contributed by atoms with E-state index >= 15 is 0 Å². The van der Waals surface area contributed by atoms with Crippen molar-refractivity contribution >= 4 is 28.6 Å². The molecule has 27 heavy (non-hydrogen) atoms. The molecule has 0 spiro atoms. The van der Waals surface area contributed by atoms with Gasteiger partial charge in [-0.15, -0.1) is 11.3 Å². The summed E-state index contributed by atoms with van der Waals surface area (Å²) in [5.74, 6) is 0.0105. The van der Waals surface area contributed by atoms with E-state index in [1.165, 1.54) is 18.5 Å². The van der Waals surface area contributed by atoms with Crippen molar-refractivity contribution in [2.45, 2.75) is 25.7 Å². The van der Waals surface area contributed by atoms with Crippen LogP contribution in [0.3, 0.4) is 0 Å². The van der Waals surface area contributed by atoms with E-state index in [-0.39, 0.29) is 5.91 Å². The maximum Gasteiger partial charge on any atom is 0.224 e. The van der Waals surface area contributed by atoms with Crippen LogP contribution in [0.2, 0.25) is 0 Å². The minimum Gasteiger partial charge on any atom is -0.372 e. The molecule has 1 aliphatic rings. The van der Waals surface area contributed by atoms with Gasteiger partial charge >= 0.3 is 0 Å². The summed E-state index contributed by atoms with van der Waals surface area (Å²) in [6, 6.07) is 13.9. The highest BCUT2D eigenvalue weighted by Gasteiger charge is 2.12. The fraction of sp³-hybridized carbons (Fsp3) is 0.286. The minimum absolute atomic E-state index is 0.0105. The summed E-state index contributed by atoms with van der Waals surface area (Å²) >= 11 is 1.56. The number of carbonyl (C=O) groups excluding carboxylic acids is 1. The first-order valence-electron chi connectivity index (χ1n) is 9.28. The van der Waals surface area contributed by atoms with Crippen LogP contribution in [0, 0.1) is 0 Å². The molecule has 1 N–H and O–H groups in total. The van der Waals surface area contributed by atoms with Crippen LogP contribution in [0.5, 0.6) is 0 Å². The van der Waals surface area contributed by atoms with Gasteiger partial charge in [0.25, 0.3) is 0 Å². The molecule has 1 aromatic carbocycles. The molecule has 3 heterocycles. The normalized spacial score (nSPS) is 13.7. The Kier molecular flexibility index (Phi) is 5.44. The standard InChI is InChI=1S/C21H22N4OS/c26-20(23-16-6-9-18(10-7-16)25-13-3-4-14-25)11-8-17-15-27-21(24-17)19-5-1-2-12-22-19/h1-2,5-7,9-10,12,15H,3-4,8,11,13-14H2,(H,23,26). The van der Waals surface area contributed by atoms with Gasteiger partial charge in [0.1, 0.15) is 5.01 Å². The highest BCUT2D eigenvalue weighted by Crippen LogP contribution is 2.23. The minimum atomic E-state index is 0.0105. The molecule has 0 radical (unpaired) electrons. The molecule has 1 amide bonds. The Hall–Kier alpha value is -2.73. The van der Waals surface area contributed by atoms with Crippen LogP contribution in [0.15, 0.2) is 54.0 Å². The fourth-order valence-electron chi connectivity index (χ4n) is 3.22. The lowest BCUT2D eigenvalue weighted by Crippen LogP contribution is -2.17. The molecule has 0 aliphatic carbocycles. The number of carbonyl (C=O) groups is 1. The number of pyridine rings is 1. The van der Waals surface area contributed by atoms with E-state index in [0.29, 0.717) is 12.8 Å². The molecule has 0 atom stereocenters. The first kappa shape index (κ1) is 17.7. The van der Waals surface area contributed by atoms with Crippen LogP contribution in [0.1, 0.15) is 25.0 Å². The van der Waals surface area contributed by atoms with Crippen LogP contribution in [0.25, 0.3) is 10.7 Å². The van der Waals surface area contributed by atoms with Crippen LogP contribution in [-0.2, 0) is 11.2 Å². The second-order valence-electron chi connectivity index (χ2n) is 6.65. The molecule has 2 aromatic heterocycles. The van der Waals surface area contributed by atoms with E-state index in [1.54, 1.807) is 17.5 Å². The summed E-state index contributed by atoms with van der Waals surface area (Å²) in [4.78, 5) is 23.5. The highest BCUT2D eigenvalue weighted by molar-refractivity contribution is 7.13. The van der Waals surface area contributed by atoms with Gasteiger partial charge in [0, 0.05) is 42.5 Å². The van der Waals surface area contributed by atoms with Gasteiger partial charge in [-0.25, -0.2) is 4.98 Å². The summed E-state index contributed by atoms with van der Waals surface area (Å²) < 4.78 is 0. The van der Waals surface area contributed by atoms with Crippen molar-refractivity contribution in [2.75, 3.05) is 23.3 Å². The van der Waals surface area contributed by atoms with E-state index in [2.05, 4.69) is 32.3 Å². The van der Waals surface area contributed by atoms with Crippen molar-refractivity contribution in [3.63, 3.8) is 0 Å². The monoisotopic (exact) mass is 378 g/mol. The number of hydrogen-bond acceptors (Lipinski definition) is 5. The number of anilines is 2. The van der Waals surface area contributed by atoms with Crippen molar-refractivity contribution < 1.29 is 4.79 Å². The number of nitrogens with zero attached hydrogens (tertiary/aromatic N) is 3. The van der Waals surface area contributed by atoms with Crippen LogP contribution in [-0.4, -0.2) is 29.0 Å². The van der Waals surface area contributed by atoms with E-state index in [4.69, 9.17) is 0 Å². The SMILES string of the molecule is O=C(CCc1csc(-c2ccccn2)n1)Nc1ccc(N2CCCC2)cc1. The lowest BCUT2D eigenvalue weighted by molar-refractivity contribution is -0.116. The van der Waals surface area contributed by atoms with Crippen LogP contribution < -0.4 is 10.2 Å². The Labute approximate surface area is 163 Å². The molecule has 5 nitrogen and oxygen atoms in total. The zero-order valence-corrected chi connectivity index (χ0v) is 15.9. The van der Waals surface area contributed by atoms with E-state index in [9.17, 15) is 4.79 Å². The Morgan fingerprint density at radius 3 is 2.67 bits per heavy atom. The van der Waals surface area contributed by atoms with Crippen molar-refractivity contribution in [1.29, 1.82) is 0 Å². The molecule has 1 aliphatic heterocycles. The lowest BCUT2D eigenvalue weighted by atomic mass is 10.2. The van der Waals surface area contributed by atoms with Crippen molar-refractivity contribution in [3.8, 4) is 10.7 Å². The molecule has 0 saturated carbocycles. The Balaban J connectivity index is 1.29. The first-order chi connectivity index (χ1) is 13.3. The third kappa shape index (κ3) is 4.52. The van der Waals surface area contributed by atoms with Gasteiger partial charge in [-0.1, -0.05) is 6.07 Å². The summed E-state index contributed by atoms with van der Waals surface area (Å²) in [5, 5.41) is 5.87. The van der Waals surface area contributed by atoms with Crippen LogP contribution in [0.4, 0.5) is 11.4 Å². The molecule has 3 aromatic rings. The Morgan fingerprint density at radius 1 is 1.11 bits per heavy atom. The first-order valence-corrected chi connectivity index (χ1v) is 10.2. The van der Waals surface area contributed by atoms with Gasteiger partial charge in [-0.3, -0.25) is 9.78 Å². The zero-order valence-electron chi connectivity index (χ0n) is 15.1. The predicted octanol–water partition coefficient (Wildman–Crippen LogP) is 4.38. The third-order valence-electron chi connectivity index (χ3n) is 4.67. The molecule has 1 fully saturated rings. The average Bonchev–Trinajstić information content (AvgIpc) is 3.40. The average molecular weight is 379 g/mol. The molecule has 0 bridgehead atoms. The van der Waals surface area contributed by atoms with Crippen molar-refractivity contribution in [1.82, 2.24) is 9.97 Å². The summed E-state index contributed by atoms with van der Waals surface area (Å²) in [7, 11) is 0. The van der Waals surface area contributed by atoms with Gasteiger partial charge in [-0.05, 0) is 55.7 Å². The lowest BCUT2D eigenvalue weighted by Gasteiger charge is -2.17. The molecule has 138 valence electrons. The van der Waals surface area contributed by atoms with E-state index in [1.807, 2.05) is 35.7 Å². The van der Waals surface area contributed by atoms with Gasteiger partial charge in [0.15, 0.2) is 0 Å². The van der Waals surface area contributed by atoms with Gasteiger partial charge in [0.05, 0.1) is 11.4 Å². The fourth-order valence-corrected chi connectivity index (χ4v) is 4.05. The largest absolute Gasteiger partial charge is 0.372 e. The summed E-state index contributed by atoms with van der Waals surface area (Å²) in [6.07, 6.45) is 5.33. The number of aromatic nitrogens is 2. The van der Waals surface area contributed by atoms with Crippen molar-refractivity contribution in [3.05, 3.63) is 59.7 Å². The Morgan fingerprint density at radius 2 is 1.93 bits per heavy atom. The second-order valence-corrected chi connectivity index (χ2v) is 7.51. The molecule has 4 rings (SSSR count).